The van der Waals surface area contributed by atoms with Gasteiger partial charge in [-0.15, -0.1) is 5.06 Å². The molecule has 1 saturated heterocycles. The van der Waals surface area contributed by atoms with Crippen molar-refractivity contribution in [2.75, 3.05) is 106 Å². The summed E-state index contributed by atoms with van der Waals surface area (Å²) in [6.45, 7) is 18.3. The van der Waals surface area contributed by atoms with Crippen LogP contribution in [0.25, 0.3) is 0 Å². The van der Waals surface area contributed by atoms with Gasteiger partial charge in [-0.3, -0.25) is 52.9 Å². The third-order valence-corrected chi connectivity index (χ3v) is 19.8. The maximum atomic E-state index is 14.9. The summed E-state index contributed by atoms with van der Waals surface area (Å²) >= 11 is 0. The third kappa shape index (κ3) is 27.5. The molecule has 4 aromatic rings. The van der Waals surface area contributed by atoms with Crippen molar-refractivity contribution in [3.63, 3.8) is 0 Å². The number of nitrogens with zero attached hydrogens (tertiary/aromatic N) is 5. The Morgan fingerprint density at radius 2 is 1.26 bits per heavy atom. The molecule has 0 spiro atoms. The Hall–Kier alpha value is -9.44. The standard InChI is InChI=1S/C79H117N13O19/c1-14-52(8)68(62(104-12)47-64(94)91-36-21-27-61(91)69(105-13)53(9)71(95)86-60(70-81-34-35-82-70)46-54-22-16-15-17-23-54)89(10)77(101)66(50(4)5)88-74(98)67(51(6)7)90(11)79(103)110-48-55-28-30-56(31-29-55)84-72(96)59(26-20-33-83-78(80)102)85-73(97)65(49(2)3)87-63(93)32-37-106-38-39-107-40-41-108-42-43-109-44-45-111-92-75(99)57-24-18-19-25-58(57)76(92)100/h15-19,22-25,28-31,34-35,49-53,59-62,65-69H,14,20-21,26-27,32-33,36-48H2,1-13H3,(H,81,82)(H,84,96)(H,85,97)(H,86,95)(H,87,93)(H,88,98)(H3,80,83,102)/t52-,53+,59-,60-,61-,62+,65-,66-,67-,68-,69?/m0/s1. The number of nitrogens with one attached hydrogen (secondary N) is 7. The van der Waals surface area contributed by atoms with E-state index in [9.17, 15) is 52.7 Å². The molecule has 9 N–H and O–H groups in total. The maximum absolute atomic E-state index is 14.9. The summed E-state index contributed by atoms with van der Waals surface area (Å²) in [6.07, 6.45) is 3.66. The summed E-state index contributed by atoms with van der Waals surface area (Å²) in [4.78, 5) is 167. The van der Waals surface area contributed by atoms with Crippen molar-refractivity contribution < 1.29 is 90.7 Å². The molecule has 2 aliphatic heterocycles. The second-order valence-corrected chi connectivity index (χ2v) is 28.9. The Morgan fingerprint density at radius 3 is 1.82 bits per heavy atom. The molecule has 1 aromatic heterocycles. The number of H-pyrrole nitrogens is 1. The molecule has 32 heteroatoms. The van der Waals surface area contributed by atoms with Crippen LogP contribution in [0.1, 0.15) is 151 Å². The van der Waals surface area contributed by atoms with E-state index >= 15 is 0 Å². The van der Waals surface area contributed by atoms with Crippen molar-refractivity contribution in [2.45, 2.75) is 175 Å². The summed E-state index contributed by atoms with van der Waals surface area (Å²) in [5.74, 6) is -5.72. The summed E-state index contributed by atoms with van der Waals surface area (Å²) in [7, 11) is 6.14. The van der Waals surface area contributed by atoms with E-state index < -0.39 is 132 Å². The number of benzene rings is 3. The van der Waals surface area contributed by atoms with Gasteiger partial charge in [-0.25, -0.2) is 14.6 Å². The number of imidazole rings is 1. The number of rotatable bonds is 49. The topological polar surface area (TPSA) is 401 Å². The number of hydroxylamine groups is 2. The Bertz CT molecular complexity index is 3590. The molecule has 111 heavy (non-hydrogen) atoms. The number of likely N-dealkylation sites (N-methyl/N-ethyl adjacent to an activating group) is 2. The molecule has 3 aromatic carbocycles. The predicted octanol–water partition coefficient (Wildman–Crippen LogP) is 5.86. The summed E-state index contributed by atoms with van der Waals surface area (Å²) < 4.78 is 40.0. The number of likely N-dealkylation sites (tertiary alicyclic amines) is 1. The second kappa shape index (κ2) is 46.4. The molecule has 0 aliphatic carbocycles. The fourth-order valence-electron chi connectivity index (χ4n) is 13.5. The fraction of sp³-hybridized carbons (Fsp3) is 0.595. The average Bonchev–Trinajstić information content (AvgIpc) is 1.66. The van der Waals surface area contributed by atoms with E-state index in [1.54, 1.807) is 133 Å². The van der Waals surface area contributed by atoms with Crippen LogP contribution >= 0.6 is 0 Å². The first-order valence-electron chi connectivity index (χ1n) is 38.2. The number of carbonyl (C=O) groups is 11. The van der Waals surface area contributed by atoms with Crippen LogP contribution in [0.2, 0.25) is 0 Å². The van der Waals surface area contributed by atoms with Crippen molar-refractivity contribution in [1.82, 2.24) is 56.3 Å². The highest BCUT2D eigenvalue weighted by molar-refractivity contribution is 6.20. The number of anilines is 1. The van der Waals surface area contributed by atoms with Crippen LogP contribution in [0.15, 0.2) is 91.3 Å². The highest BCUT2D eigenvalue weighted by atomic mass is 16.7. The Morgan fingerprint density at radius 1 is 0.658 bits per heavy atom. The Balaban J connectivity index is 0.948. The molecule has 2 aliphatic rings. The van der Waals surface area contributed by atoms with Crippen molar-refractivity contribution in [1.29, 1.82) is 0 Å². The van der Waals surface area contributed by atoms with Gasteiger partial charge >= 0.3 is 12.1 Å². The zero-order valence-electron chi connectivity index (χ0n) is 66.5. The van der Waals surface area contributed by atoms with Gasteiger partial charge in [0.25, 0.3) is 11.8 Å². The van der Waals surface area contributed by atoms with E-state index in [1.807, 2.05) is 44.2 Å². The minimum Gasteiger partial charge on any atom is -0.445 e. The van der Waals surface area contributed by atoms with Crippen LogP contribution in [0.3, 0.4) is 0 Å². The predicted molar refractivity (Wildman–Crippen MR) is 410 cm³/mol. The lowest BCUT2D eigenvalue weighted by molar-refractivity contribution is -0.148. The van der Waals surface area contributed by atoms with Crippen LogP contribution < -0.4 is 37.6 Å². The summed E-state index contributed by atoms with van der Waals surface area (Å²) in [6, 6.07) is 16.1. The van der Waals surface area contributed by atoms with E-state index in [2.05, 4.69) is 41.9 Å². The number of aromatic amines is 1. The molecule has 0 radical (unpaired) electrons. The molecule has 0 bridgehead atoms. The van der Waals surface area contributed by atoms with Crippen LogP contribution in [-0.4, -0.2) is 244 Å². The van der Waals surface area contributed by atoms with Gasteiger partial charge in [-0.1, -0.05) is 123 Å². The molecular weight excluding hydrogens is 1430 g/mol. The van der Waals surface area contributed by atoms with E-state index in [-0.39, 0.29) is 127 Å². The normalized spacial score (nSPS) is 16.2. The number of ether oxygens (including phenoxy) is 7. The number of imide groups is 1. The monoisotopic (exact) mass is 1550 g/mol. The number of hydrogen-bond acceptors (Lipinski definition) is 20. The van der Waals surface area contributed by atoms with Crippen LogP contribution in [0.5, 0.6) is 0 Å². The molecule has 11 atom stereocenters. The first-order chi connectivity index (χ1) is 53.1. The zero-order valence-corrected chi connectivity index (χ0v) is 66.5. The lowest BCUT2D eigenvalue weighted by atomic mass is 9.89. The number of carbonyl (C=O) groups excluding carboxylic acids is 11. The first-order valence-corrected chi connectivity index (χ1v) is 38.2. The Kier molecular flexibility index (Phi) is 37.8. The summed E-state index contributed by atoms with van der Waals surface area (Å²) in [5.41, 5.74) is 7.73. The molecule has 12 amide bonds. The smallest absolute Gasteiger partial charge is 0.410 e. The number of fused-ring (bicyclic) bond motifs is 1. The van der Waals surface area contributed by atoms with Crippen molar-refractivity contribution in [3.05, 3.63) is 119 Å². The molecule has 0 saturated carbocycles. The minimum atomic E-state index is -1.13. The number of hydrogen-bond donors (Lipinski definition) is 8. The van der Waals surface area contributed by atoms with Gasteiger partial charge in [0.2, 0.25) is 41.4 Å². The molecule has 1 fully saturated rings. The van der Waals surface area contributed by atoms with E-state index in [0.29, 0.717) is 49.3 Å². The number of urea groups is 1. The number of aromatic nitrogens is 2. The van der Waals surface area contributed by atoms with Gasteiger partial charge in [0.05, 0.1) is 113 Å². The average molecular weight is 1550 g/mol. The number of primary amides is 1. The van der Waals surface area contributed by atoms with E-state index in [4.69, 9.17) is 43.7 Å². The van der Waals surface area contributed by atoms with Gasteiger partial charge < -0.3 is 85.6 Å². The number of amides is 12. The van der Waals surface area contributed by atoms with Gasteiger partial charge in [0, 0.05) is 65.9 Å². The SMILES string of the molecule is CC[C@H](C)[C@@H]([C@@H](CC(=O)N1CCC[C@H]1C(OC)[C@@H](C)C(=O)N[C@@H](Cc1ccccc1)c1ncc[nH]1)OC)N(C)C(=O)[C@@H](NC(=O)[C@H](C(C)C)N(C)C(=O)OCc1ccc(NC(=O)[C@H](CCCNC(N)=O)NC(=O)[C@@H](NC(=O)CCOCCOCCOCCOCCON2C(=O)c3ccccc3C2=O)C(C)C)cc1)C(C)C. The highest BCUT2D eigenvalue weighted by Crippen LogP contribution is 2.31. The maximum Gasteiger partial charge on any atom is 0.410 e. The molecule has 612 valence electrons. The number of methoxy groups -OCH3 is 2. The highest BCUT2D eigenvalue weighted by Gasteiger charge is 2.45. The molecule has 32 nitrogen and oxygen atoms in total. The molecule has 3 heterocycles. The lowest BCUT2D eigenvalue weighted by Crippen LogP contribution is -2.60. The molecule has 1 unspecified atom stereocenters. The van der Waals surface area contributed by atoms with Crippen molar-refractivity contribution in [3.8, 4) is 0 Å². The van der Waals surface area contributed by atoms with Gasteiger partial charge in [-0.2, -0.15) is 0 Å². The number of nitrogens with two attached hydrogens (primary N) is 1. The van der Waals surface area contributed by atoms with Crippen LogP contribution in [0.4, 0.5) is 15.3 Å². The minimum absolute atomic E-state index is 0.00647. The van der Waals surface area contributed by atoms with Gasteiger partial charge in [-0.05, 0) is 91.2 Å². The van der Waals surface area contributed by atoms with Gasteiger partial charge in [0.15, 0.2) is 0 Å². The molecular formula is C79H117N13O19. The van der Waals surface area contributed by atoms with Crippen molar-refractivity contribution >= 4 is 71.0 Å². The second-order valence-electron chi connectivity index (χ2n) is 28.9. The fourth-order valence-corrected chi connectivity index (χ4v) is 13.5. The van der Waals surface area contributed by atoms with E-state index in [1.165, 1.54) is 19.1 Å². The van der Waals surface area contributed by atoms with Crippen LogP contribution in [0, 0.1) is 29.6 Å². The summed E-state index contributed by atoms with van der Waals surface area (Å²) in [5, 5.41) is 17.7. The largest absolute Gasteiger partial charge is 0.445 e. The third-order valence-electron chi connectivity index (χ3n) is 19.8. The van der Waals surface area contributed by atoms with E-state index in [0.717, 1.165) is 10.6 Å². The van der Waals surface area contributed by atoms with Crippen molar-refractivity contribution in [2.24, 2.45) is 35.3 Å². The first kappa shape index (κ1) is 90.4. The lowest BCUT2D eigenvalue weighted by Gasteiger charge is -2.41. The zero-order chi connectivity index (χ0) is 81.3. The molecule has 6 rings (SSSR count). The Labute approximate surface area is 651 Å². The van der Waals surface area contributed by atoms with Crippen LogP contribution in [-0.2, 0) is 84.6 Å². The quantitative estimate of drug-likeness (QED) is 0.0189. The van der Waals surface area contributed by atoms with Gasteiger partial charge in [0.1, 0.15) is 36.6 Å².